The summed E-state index contributed by atoms with van der Waals surface area (Å²) in [5, 5.41) is 6.52. The smallest absolute Gasteiger partial charge is 0.330 e. The van der Waals surface area contributed by atoms with E-state index in [1.165, 1.54) is 24.4 Å². The second kappa shape index (κ2) is 7.30. The Morgan fingerprint density at radius 1 is 1.45 bits per heavy atom. The molecule has 0 spiro atoms. The van der Waals surface area contributed by atoms with Gasteiger partial charge in [0.15, 0.2) is 0 Å². The van der Waals surface area contributed by atoms with E-state index in [0.717, 1.165) is 12.0 Å². The number of aryl methyl sites for hydroxylation is 1. The molecule has 0 saturated carbocycles. The quantitative estimate of drug-likeness (QED) is 0.766. The second-order valence-electron chi connectivity index (χ2n) is 4.57. The van der Waals surface area contributed by atoms with Crippen LogP contribution in [-0.2, 0) is 22.5 Å². The number of rotatable bonds is 6. The monoisotopic (exact) mass is 303 g/mol. The van der Waals surface area contributed by atoms with E-state index >= 15 is 0 Å². The molecule has 8 heteroatoms. The fourth-order valence-corrected chi connectivity index (χ4v) is 1.89. The van der Waals surface area contributed by atoms with Gasteiger partial charge in [0.1, 0.15) is 24.4 Å². The fourth-order valence-electron chi connectivity index (χ4n) is 1.89. The molecule has 2 rings (SSSR count). The van der Waals surface area contributed by atoms with E-state index < -0.39 is 17.9 Å². The third-order valence-corrected chi connectivity index (χ3v) is 3.09. The van der Waals surface area contributed by atoms with Gasteiger partial charge in [0.25, 0.3) is 5.91 Å². The van der Waals surface area contributed by atoms with E-state index in [2.05, 4.69) is 20.4 Å². The molecule has 2 aromatic rings. The molecule has 2 aromatic heterocycles. The molecule has 0 aliphatic carbocycles. The largest absolute Gasteiger partial charge is 0.467 e. The van der Waals surface area contributed by atoms with Gasteiger partial charge in [-0.3, -0.25) is 14.5 Å². The van der Waals surface area contributed by atoms with E-state index in [1.54, 1.807) is 12.3 Å². The highest BCUT2D eigenvalue weighted by Crippen LogP contribution is 2.04. The third kappa shape index (κ3) is 3.87. The lowest BCUT2D eigenvalue weighted by atomic mass is 10.1. The Morgan fingerprint density at radius 2 is 2.27 bits per heavy atom. The van der Waals surface area contributed by atoms with Gasteiger partial charge in [-0.2, -0.15) is 5.10 Å². The molecular formula is C14H17N5O3. The number of nitrogens with zero attached hydrogens (tertiary/aromatic N) is 4. The normalized spacial score (nSPS) is 11.7. The van der Waals surface area contributed by atoms with E-state index in [1.807, 2.05) is 13.0 Å². The maximum atomic E-state index is 12.2. The number of aromatic nitrogens is 4. The van der Waals surface area contributed by atoms with Crippen molar-refractivity contribution in [3.8, 4) is 0 Å². The van der Waals surface area contributed by atoms with Gasteiger partial charge in [-0.25, -0.2) is 9.78 Å². The SMILES string of the molecule is CCc1ccnc(C(=O)NC(Cn2cncn2)C(=O)OC)c1. The van der Waals surface area contributed by atoms with Crippen molar-refractivity contribution in [1.29, 1.82) is 0 Å². The van der Waals surface area contributed by atoms with Crippen molar-refractivity contribution in [3.05, 3.63) is 42.2 Å². The third-order valence-electron chi connectivity index (χ3n) is 3.09. The number of amides is 1. The summed E-state index contributed by atoms with van der Waals surface area (Å²) in [4.78, 5) is 31.9. The highest BCUT2D eigenvalue weighted by molar-refractivity contribution is 5.95. The minimum atomic E-state index is -0.869. The van der Waals surface area contributed by atoms with Crippen LogP contribution in [0.5, 0.6) is 0 Å². The van der Waals surface area contributed by atoms with E-state index in [9.17, 15) is 9.59 Å². The maximum absolute atomic E-state index is 12.2. The van der Waals surface area contributed by atoms with E-state index in [-0.39, 0.29) is 12.2 Å². The Bertz CT molecular complexity index is 642. The van der Waals surface area contributed by atoms with Gasteiger partial charge in [0.2, 0.25) is 0 Å². The molecule has 8 nitrogen and oxygen atoms in total. The summed E-state index contributed by atoms with van der Waals surface area (Å²) in [7, 11) is 1.26. The average Bonchev–Trinajstić information content (AvgIpc) is 3.06. The fraction of sp³-hybridized carbons (Fsp3) is 0.357. The first-order valence-electron chi connectivity index (χ1n) is 6.80. The lowest BCUT2D eigenvalue weighted by Gasteiger charge is -2.16. The number of nitrogens with one attached hydrogen (secondary N) is 1. The number of methoxy groups -OCH3 is 1. The number of hydrogen-bond acceptors (Lipinski definition) is 6. The number of carbonyl (C=O) groups is 2. The van der Waals surface area contributed by atoms with Crippen LogP contribution < -0.4 is 5.32 Å². The number of pyridine rings is 1. The van der Waals surface area contributed by atoms with Crippen molar-refractivity contribution < 1.29 is 14.3 Å². The topological polar surface area (TPSA) is 99.0 Å². The Balaban J connectivity index is 2.11. The molecule has 0 saturated heterocycles. The molecule has 1 unspecified atom stereocenters. The predicted octanol–water partition coefficient (Wildman–Crippen LogP) is 0.207. The standard InChI is InChI=1S/C14H17N5O3/c1-3-10-4-5-16-11(6-10)13(20)18-12(14(21)22-2)7-19-9-15-8-17-19/h4-6,8-9,12H,3,7H2,1-2H3,(H,18,20). The van der Waals surface area contributed by atoms with Crippen molar-refractivity contribution in [1.82, 2.24) is 25.1 Å². The summed E-state index contributed by atoms with van der Waals surface area (Å²) < 4.78 is 6.15. The highest BCUT2D eigenvalue weighted by atomic mass is 16.5. The van der Waals surface area contributed by atoms with Crippen LogP contribution in [0.4, 0.5) is 0 Å². The van der Waals surface area contributed by atoms with Gasteiger partial charge in [0.05, 0.1) is 13.7 Å². The molecule has 1 atom stereocenters. The van der Waals surface area contributed by atoms with Crippen molar-refractivity contribution in [2.75, 3.05) is 7.11 Å². The summed E-state index contributed by atoms with van der Waals surface area (Å²) >= 11 is 0. The Morgan fingerprint density at radius 3 is 2.91 bits per heavy atom. The Kier molecular flexibility index (Phi) is 5.18. The Labute approximate surface area is 127 Å². The minimum Gasteiger partial charge on any atom is -0.467 e. The summed E-state index contributed by atoms with van der Waals surface area (Å²) in [6.07, 6.45) is 5.17. The molecule has 22 heavy (non-hydrogen) atoms. The highest BCUT2D eigenvalue weighted by Gasteiger charge is 2.23. The van der Waals surface area contributed by atoms with Crippen LogP contribution in [0.15, 0.2) is 31.0 Å². The van der Waals surface area contributed by atoms with Gasteiger partial charge < -0.3 is 10.1 Å². The molecule has 0 aromatic carbocycles. The maximum Gasteiger partial charge on any atom is 0.330 e. The van der Waals surface area contributed by atoms with Gasteiger partial charge in [-0.05, 0) is 24.1 Å². The van der Waals surface area contributed by atoms with Gasteiger partial charge >= 0.3 is 5.97 Å². The van der Waals surface area contributed by atoms with Gasteiger partial charge in [-0.1, -0.05) is 6.92 Å². The number of esters is 1. The number of carbonyl (C=O) groups excluding carboxylic acids is 2. The summed E-state index contributed by atoms with van der Waals surface area (Å²) in [6, 6.07) is 2.66. The molecule has 1 N–H and O–H groups in total. The molecule has 0 radical (unpaired) electrons. The van der Waals surface area contributed by atoms with E-state index in [4.69, 9.17) is 4.74 Å². The Hall–Kier alpha value is -2.77. The zero-order valence-corrected chi connectivity index (χ0v) is 12.4. The molecule has 0 aliphatic rings. The first kappa shape index (κ1) is 15.6. The van der Waals surface area contributed by atoms with Gasteiger partial charge in [0, 0.05) is 6.20 Å². The van der Waals surface area contributed by atoms with Crippen LogP contribution in [0.1, 0.15) is 23.0 Å². The van der Waals surface area contributed by atoms with Crippen molar-refractivity contribution in [2.24, 2.45) is 0 Å². The van der Waals surface area contributed by atoms with Crippen molar-refractivity contribution >= 4 is 11.9 Å². The average molecular weight is 303 g/mol. The summed E-state index contributed by atoms with van der Waals surface area (Å²) in [5.74, 6) is -0.999. The molecule has 1 amide bonds. The van der Waals surface area contributed by atoms with Crippen LogP contribution in [0, 0.1) is 0 Å². The van der Waals surface area contributed by atoms with Crippen LogP contribution in [0.2, 0.25) is 0 Å². The van der Waals surface area contributed by atoms with Crippen LogP contribution in [0.25, 0.3) is 0 Å². The predicted molar refractivity (Wildman–Crippen MR) is 76.9 cm³/mol. The molecule has 0 fully saturated rings. The van der Waals surface area contributed by atoms with Crippen LogP contribution >= 0.6 is 0 Å². The molecule has 0 aliphatic heterocycles. The lowest BCUT2D eigenvalue weighted by Crippen LogP contribution is -2.44. The molecule has 116 valence electrons. The molecular weight excluding hydrogens is 286 g/mol. The van der Waals surface area contributed by atoms with Gasteiger partial charge in [-0.15, -0.1) is 0 Å². The zero-order chi connectivity index (χ0) is 15.9. The first-order valence-corrected chi connectivity index (χ1v) is 6.80. The summed E-state index contributed by atoms with van der Waals surface area (Å²) in [6.45, 7) is 2.12. The van der Waals surface area contributed by atoms with E-state index in [0.29, 0.717) is 0 Å². The zero-order valence-electron chi connectivity index (χ0n) is 12.4. The number of ether oxygens (including phenoxy) is 1. The minimum absolute atomic E-state index is 0.131. The number of hydrogen-bond donors (Lipinski definition) is 1. The molecule has 2 heterocycles. The lowest BCUT2D eigenvalue weighted by molar-refractivity contribution is -0.143. The van der Waals surface area contributed by atoms with Crippen LogP contribution in [-0.4, -0.2) is 44.8 Å². The van der Waals surface area contributed by atoms with Crippen LogP contribution in [0.3, 0.4) is 0 Å². The first-order chi connectivity index (χ1) is 10.6. The van der Waals surface area contributed by atoms with Crippen molar-refractivity contribution in [3.63, 3.8) is 0 Å². The molecule has 0 bridgehead atoms. The second-order valence-corrected chi connectivity index (χ2v) is 4.57. The van der Waals surface area contributed by atoms with Crippen molar-refractivity contribution in [2.45, 2.75) is 25.9 Å². The summed E-state index contributed by atoms with van der Waals surface area (Å²) in [5.41, 5.74) is 1.25.